The fraction of sp³-hybridized carbons (Fsp3) is 0.200. The average molecular weight is 324 g/mol. The fourth-order valence-electron chi connectivity index (χ4n) is 1.90. The van der Waals surface area contributed by atoms with E-state index in [9.17, 15) is 9.50 Å². The number of halogens is 2. The highest BCUT2D eigenvalue weighted by Gasteiger charge is 2.11. The molecule has 2 N–H and O–H groups in total. The number of nitrogens with one attached hydrogen (secondary N) is 1. The van der Waals surface area contributed by atoms with E-state index < -0.39 is 0 Å². The van der Waals surface area contributed by atoms with Crippen LogP contribution in [0.15, 0.2) is 46.9 Å². The van der Waals surface area contributed by atoms with Crippen LogP contribution in [0.5, 0.6) is 0 Å². The smallest absolute Gasteiger partial charge is 0.126 e. The summed E-state index contributed by atoms with van der Waals surface area (Å²) in [5.41, 5.74) is 2.34. The van der Waals surface area contributed by atoms with E-state index in [1.54, 1.807) is 19.1 Å². The van der Waals surface area contributed by atoms with Crippen LogP contribution < -0.4 is 5.32 Å². The van der Waals surface area contributed by atoms with E-state index >= 15 is 0 Å². The first kappa shape index (κ1) is 14.0. The SMILES string of the molecule is Cc1cc(C(CO)Nc2cccc(Br)c2)ccc1F. The van der Waals surface area contributed by atoms with E-state index in [2.05, 4.69) is 21.2 Å². The van der Waals surface area contributed by atoms with Gasteiger partial charge in [-0.2, -0.15) is 0 Å². The molecule has 0 aliphatic heterocycles. The molecule has 0 fully saturated rings. The third-order valence-electron chi connectivity index (χ3n) is 2.93. The number of hydrogen-bond donors (Lipinski definition) is 2. The van der Waals surface area contributed by atoms with Crippen molar-refractivity contribution < 1.29 is 9.50 Å². The number of aryl methyl sites for hydroxylation is 1. The molecule has 0 aliphatic rings. The van der Waals surface area contributed by atoms with Crippen molar-refractivity contribution in [3.63, 3.8) is 0 Å². The maximum absolute atomic E-state index is 13.3. The predicted octanol–water partition coefficient (Wildman–Crippen LogP) is 4.04. The van der Waals surface area contributed by atoms with E-state index in [1.165, 1.54) is 6.07 Å². The van der Waals surface area contributed by atoms with Crippen LogP contribution in [0.3, 0.4) is 0 Å². The lowest BCUT2D eigenvalue weighted by molar-refractivity contribution is 0.276. The molecule has 0 heterocycles. The van der Waals surface area contributed by atoms with Crippen molar-refractivity contribution in [2.45, 2.75) is 13.0 Å². The summed E-state index contributed by atoms with van der Waals surface area (Å²) < 4.78 is 14.2. The average Bonchev–Trinajstić information content (AvgIpc) is 2.39. The molecule has 100 valence electrons. The van der Waals surface area contributed by atoms with Gasteiger partial charge in [0.1, 0.15) is 5.82 Å². The summed E-state index contributed by atoms with van der Waals surface area (Å²) in [7, 11) is 0. The zero-order valence-corrected chi connectivity index (χ0v) is 12.1. The number of aliphatic hydroxyl groups is 1. The van der Waals surface area contributed by atoms with Gasteiger partial charge in [-0.25, -0.2) is 4.39 Å². The highest BCUT2D eigenvalue weighted by Crippen LogP contribution is 2.23. The lowest BCUT2D eigenvalue weighted by Crippen LogP contribution is -2.15. The van der Waals surface area contributed by atoms with Gasteiger partial charge in [-0.1, -0.05) is 34.1 Å². The molecule has 0 saturated heterocycles. The van der Waals surface area contributed by atoms with E-state index in [1.807, 2.05) is 24.3 Å². The second kappa shape index (κ2) is 6.17. The third-order valence-corrected chi connectivity index (χ3v) is 3.43. The summed E-state index contributed by atoms with van der Waals surface area (Å²) in [4.78, 5) is 0. The Kier molecular flexibility index (Phi) is 4.56. The van der Waals surface area contributed by atoms with Crippen LogP contribution >= 0.6 is 15.9 Å². The van der Waals surface area contributed by atoms with Crippen molar-refractivity contribution >= 4 is 21.6 Å². The predicted molar refractivity (Wildman–Crippen MR) is 78.7 cm³/mol. The molecule has 19 heavy (non-hydrogen) atoms. The molecule has 2 nitrogen and oxygen atoms in total. The summed E-state index contributed by atoms with van der Waals surface area (Å²) >= 11 is 3.40. The first-order chi connectivity index (χ1) is 9.10. The van der Waals surface area contributed by atoms with Gasteiger partial charge in [0.05, 0.1) is 12.6 Å². The molecule has 0 spiro atoms. The molecule has 0 aromatic heterocycles. The van der Waals surface area contributed by atoms with Gasteiger partial charge in [0, 0.05) is 10.2 Å². The van der Waals surface area contributed by atoms with Crippen molar-refractivity contribution in [1.29, 1.82) is 0 Å². The number of hydrogen-bond acceptors (Lipinski definition) is 2. The molecule has 4 heteroatoms. The molecular formula is C15H15BrFNO. The Hall–Kier alpha value is -1.39. The molecule has 2 aromatic carbocycles. The van der Waals surface area contributed by atoms with Crippen LogP contribution in [-0.4, -0.2) is 11.7 Å². The molecule has 0 amide bonds. The summed E-state index contributed by atoms with van der Waals surface area (Å²) in [6.07, 6.45) is 0. The van der Waals surface area contributed by atoms with E-state index in [0.717, 1.165) is 15.7 Å². The van der Waals surface area contributed by atoms with Gasteiger partial charge < -0.3 is 10.4 Å². The van der Waals surface area contributed by atoms with Gasteiger partial charge in [-0.05, 0) is 42.3 Å². The van der Waals surface area contributed by atoms with Crippen molar-refractivity contribution in [2.24, 2.45) is 0 Å². The Morgan fingerprint density at radius 3 is 2.68 bits per heavy atom. The molecule has 0 aliphatic carbocycles. The lowest BCUT2D eigenvalue weighted by Gasteiger charge is -2.19. The minimum absolute atomic E-state index is 0.0580. The standard InChI is InChI=1S/C15H15BrFNO/c1-10-7-11(5-6-14(10)17)15(9-19)18-13-4-2-3-12(16)8-13/h2-8,15,18-19H,9H2,1H3. The quantitative estimate of drug-likeness (QED) is 0.889. The van der Waals surface area contributed by atoms with Gasteiger partial charge >= 0.3 is 0 Å². The minimum atomic E-state index is -0.256. The highest BCUT2D eigenvalue weighted by atomic mass is 79.9. The number of aliphatic hydroxyl groups excluding tert-OH is 1. The van der Waals surface area contributed by atoms with Gasteiger partial charge in [0.2, 0.25) is 0 Å². The molecule has 1 unspecified atom stereocenters. The first-order valence-electron chi connectivity index (χ1n) is 5.99. The Morgan fingerprint density at radius 2 is 2.05 bits per heavy atom. The topological polar surface area (TPSA) is 32.3 Å². The molecule has 2 rings (SSSR count). The van der Waals surface area contributed by atoms with Crippen LogP contribution in [0.2, 0.25) is 0 Å². The Morgan fingerprint density at radius 1 is 1.26 bits per heavy atom. The third kappa shape index (κ3) is 3.55. The van der Waals surface area contributed by atoms with Crippen molar-refractivity contribution in [3.8, 4) is 0 Å². The normalized spacial score (nSPS) is 12.2. The number of rotatable bonds is 4. The summed E-state index contributed by atoms with van der Waals surface area (Å²) in [6.45, 7) is 1.66. The van der Waals surface area contributed by atoms with Gasteiger partial charge in [-0.3, -0.25) is 0 Å². The molecular weight excluding hydrogens is 309 g/mol. The molecule has 1 atom stereocenters. The van der Waals surface area contributed by atoms with Gasteiger partial charge in [0.15, 0.2) is 0 Å². The van der Waals surface area contributed by atoms with E-state index in [4.69, 9.17) is 0 Å². The first-order valence-corrected chi connectivity index (χ1v) is 6.78. The molecule has 0 radical (unpaired) electrons. The van der Waals surface area contributed by atoms with E-state index in [0.29, 0.717) is 5.56 Å². The van der Waals surface area contributed by atoms with Crippen molar-refractivity contribution in [3.05, 3.63) is 63.9 Å². The number of anilines is 1. The largest absolute Gasteiger partial charge is 0.394 e. The highest BCUT2D eigenvalue weighted by molar-refractivity contribution is 9.10. The van der Waals surface area contributed by atoms with Crippen LogP contribution in [0.4, 0.5) is 10.1 Å². The molecule has 2 aromatic rings. The lowest BCUT2D eigenvalue weighted by atomic mass is 10.0. The maximum atomic E-state index is 13.3. The maximum Gasteiger partial charge on any atom is 0.126 e. The summed E-state index contributed by atoms with van der Waals surface area (Å²) in [6, 6.07) is 12.3. The van der Waals surface area contributed by atoms with Crippen LogP contribution in [0, 0.1) is 12.7 Å². The van der Waals surface area contributed by atoms with Crippen molar-refractivity contribution in [1.82, 2.24) is 0 Å². The fourth-order valence-corrected chi connectivity index (χ4v) is 2.30. The zero-order chi connectivity index (χ0) is 13.8. The minimum Gasteiger partial charge on any atom is -0.394 e. The van der Waals surface area contributed by atoms with Crippen LogP contribution in [-0.2, 0) is 0 Å². The Balaban J connectivity index is 2.22. The van der Waals surface area contributed by atoms with E-state index in [-0.39, 0.29) is 18.5 Å². The van der Waals surface area contributed by atoms with Crippen LogP contribution in [0.25, 0.3) is 0 Å². The van der Waals surface area contributed by atoms with Crippen LogP contribution in [0.1, 0.15) is 17.2 Å². The second-order valence-electron chi connectivity index (χ2n) is 4.40. The Labute approximate surface area is 120 Å². The Bertz CT molecular complexity index is 574. The second-order valence-corrected chi connectivity index (χ2v) is 5.31. The monoisotopic (exact) mass is 323 g/mol. The molecule has 0 bridgehead atoms. The summed E-state index contributed by atoms with van der Waals surface area (Å²) in [5, 5.41) is 12.7. The molecule has 0 saturated carbocycles. The van der Waals surface area contributed by atoms with Gasteiger partial charge in [-0.15, -0.1) is 0 Å². The zero-order valence-electron chi connectivity index (χ0n) is 10.5. The summed E-state index contributed by atoms with van der Waals surface area (Å²) in [5.74, 6) is -0.233. The van der Waals surface area contributed by atoms with Crippen molar-refractivity contribution in [2.75, 3.05) is 11.9 Å². The van der Waals surface area contributed by atoms with Gasteiger partial charge in [0.25, 0.3) is 0 Å². The number of benzene rings is 2.